The topological polar surface area (TPSA) is 66.4 Å². The van der Waals surface area contributed by atoms with E-state index >= 15 is 0 Å². The summed E-state index contributed by atoms with van der Waals surface area (Å²) in [6.45, 7) is 3.81. The fourth-order valence-electron chi connectivity index (χ4n) is 1.77. The summed E-state index contributed by atoms with van der Waals surface area (Å²) in [5, 5.41) is 12.4. The highest BCUT2D eigenvalue weighted by Crippen LogP contribution is 2.22. The molecule has 0 aliphatic rings. The van der Waals surface area contributed by atoms with Crippen molar-refractivity contribution in [1.82, 2.24) is 5.32 Å². The molecule has 0 aliphatic carbocycles. The SMILES string of the molecule is CC(C)C[C@@H](NC(=O)Cc1ccc(Cl)c(Cl)c1)C(=O)O. The average molecular weight is 318 g/mol. The molecule has 0 fully saturated rings. The summed E-state index contributed by atoms with van der Waals surface area (Å²) in [7, 11) is 0. The third-order valence-electron chi connectivity index (χ3n) is 2.69. The molecule has 6 heteroatoms. The van der Waals surface area contributed by atoms with Crippen molar-refractivity contribution in [2.24, 2.45) is 5.92 Å². The maximum Gasteiger partial charge on any atom is 0.326 e. The summed E-state index contributed by atoms with van der Waals surface area (Å²) in [5.74, 6) is -1.20. The number of benzene rings is 1. The molecule has 0 heterocycles. The zero-order valence-electron chi connectivity index (χ0n) is 11.3. The summed E-state index contributed by atoms with van der Waals surface area (Å²) in [4.78, 5) is 22.9. The molecule has 20 heavy (non-hydrogen) atoms. The first-order valence-corrected chi connectivity index (χ1v) is 7.01. The Kier molecular flexibility index (Phi) is 6.30. The van der Waals surface area contributed by atoms with Crippen molar-refractivity contribution in [3.05, 3.63) is 33.8 Å². The lowest BCUT2D eigenvalue weighted by molar-refractivity contribution is -0.142. The monoisotopic (exact) mass is 317 g/mol. The van der Waals surface area contributed by atoms with Gasteiger partial charge in [-0.2, -0.15) is 0 Å². The van der Waals surface area contributed by atoms with E-state index in [0.29, 0.717) is 22.0 Å². The molecule has 110 valence electrons. The first kappa shape index (κ1) is 16.8. The zero-order chi connectivity index (χ0) is 15.3. The Morgan fingerprint density at radius 2 is 1.90 bits per heavy atom. The lowest BCUT2D eigenvalue weighted by Crippen LogP contribution is -2.42. The van der Waals surface area contributed by atoms with Gasteiger partial charge in [0.05, 0.1) is 16.5 Å². The number of aliphatic carboxylic acids is 1. The smallest absolute Gasteiger partial charge is 0.326 e. The molecule has 0 unspecified atom stereocenters. The van der Waals surface area contributed by atoms with Gasteiger partial charge in [-0.05, 0) is 30.0 Å². The van der Waals surface area contributed by atoms with Crippen LogP contribution >= 0.6 is 23.2 Å². The van der Waals surface area contributed by atoms with Crippen LogP contribution in [0.1, 0.15) is 25.8 Å². The molecule has 0 radical (unpaired) electrons. The molecule has 1 aromatic rings. The quantitative estimate of drug-likeness (QED) is 0.847. The van der Waals surface area contributed by atoms with Gasteiger partial charge in [0.15, 0.2) is 0 Å². The van der Waals surface area contributed by atoms with E-state index in [-0.39, 0.29) is 18.2 Å². The minimum Gasteiger partial charge on any atom is -0.480 e. The van der Waals surface area contributed by atoms with Crippen LogP contribution in [-0.4, -0.2) is 23.0 Å². The molecule has 1 aromatic carbocycles. The van der Waals surface area contributed by atoms with E-state index in [1.807, 2.05) is 13.8 Å². The molecule has 0 saturated heterocycles. The van der Waals surface area contributed by atoms with Gasteiger partial charge in [-0.15, -0.1) is 0 Å². The van der Waals surface area contributed by atoms with Crippen molar-refractivity contribution < 1.29 is 14.7 Å². The number of carbonyl (C=O) groups excluding carboxylic acids is 1. The predicted octanol–water partition coefficient (Wildman–Crippen LogP) is 3.15. The molecule has 0 aliphatic heterocycles. The number of halogens is 2. The molecule has 0 saturated carbocycles. The van der Waals surface area contributed by atoms with Crippen molar-refractivity contribution in [2.45, 2.75) is 32.7 Å². The first-order valence-electron chi connectivity index (χ1n) is 6.25. The molecule has 4 nitrogen and oxygen atoms in total. The van der Waals surface area contributed by atoms with Crippen LogP contribution in [0.15, 0.2) is 18.2 Å². The molecular weight excluding hydrogens is 301 g/mol. The Hall–Kier alpha value is -1.26. The van der Waals surface area contributed by atoms with Crippen molar-refractivity contribution >= 4 is 35.1 Å². The third-order valence-corrected chi connectivity index (χ3v) is 3.43. The number of carbonyl (C=O) groups is 2. The maximum atomic E-state index is 11.9. The zero-order valence-corrected chi connectivity index (χ0v) is 12.8. The van der Waals surface area contributed by atoms with Gasteiger partial charge in [0.1, 0.15) is 6.04 Å². The minimum absolute atomic E-state index is 0.0682. The second-order valence-corrected chi connectivity index (χ2v) is 5.83. The normalized spacial score (nSPS) is 12.2. The van der Waals surface area contributed by atoms with E-state index in [2.05, 4.69) is 5.32 Å². The van der Waals surface area contributed by atoms with Gasteiger partial charge < -0.3 is 10.4 Å². The van der Waals surface area contributed by atoms with E-state index in [1.165, 1.54) is 0 Å². The number of nitrogens with one attached hydrogen (secondary N) is 1. The summed E-state index contributed by atoms with van der Waals surface area (Å²) in [6.07, 6.45) is 0.460. The van der Waals surface area contributed by atoms with Crippen LogP contribution in [0, 0.1) is 5.92 Å². The largest absolute Gasteiger partial charge is 0.480 e. The summed E-state index contributed by atoms with van der Waals surface area (Å²) in [6, 6.07) is 4.02. The van der Waals surface area contributed by atoms with Crippen LogP contribution in [0.2, 0.25) is 10.0 Å². The van der Waals surface area contributed by atoms with Crippen molar-refractivity contribution in [2.75, 3.05) is 0 Å². The maximum absolute atomic E-state index is 11.9. The number of carboxylic acids is 1. The highest BCUT2D eigenvalue weighted by molar-refractivity contribution is 6.42. The Morgan fingerprint density at radius 3 is 2.40 bits per heavy atom. The summed E-state index contributed by atoms with van der Waals surface area (Å²) < 4.78 is 0. The van der Waals surface area contributed by atoms with Crippen molar-refractivity contribution in [3.8, 4) is 0 Å². The van der Waals surface area contributed by atoms with E-state index in [1.54, 1.807) is 18.2 Å². The van der Waals surface area contributed by atoms with E-state index in [9.17, 15) is 9.59 Å². The van der Waals surface area contributed by atoms with Gasteiger partial charge >= 0.3 is 5.97 Å². The Bertz CT molecular complexity index is 503. The fourth-order valence-corrected chi connectivity index (χ4v) is 2.09. The summed E-state index contributed by atoms with van der Waals surface area (Å²) >= 11 is 11.7. The number of carboxylic acid groups (broad SMARTS) is 1. The van der Waals surface area contributed by atoms with E-state index in [0.717, 1.165) is 0 Å². The molecule has 1 atom stereocenters. The second-order valence-electron chi connectivity index (χ2n) is 5.01. The lowest BCUT2D eigenvalue weighted by Gasteiger charge is -2.16. The van der Waals surface area contributed by atoms with Crippen molar-refractivity contribution in [3.63, 3.8) is 0 Å². The van der Waals surface area contributed by atoms with Crippen LogP contribution in [0.4, 0.5) is 0 Å². The van der Waals surface area contributed by atoms with Gasteiger partial charge in [-0.25, -0.2) is 4.79 Å². The van der Waals surface area contributed by atoms with Gasteiger partial charge in [-0.3, -0.25) is 4.79 Å². The summed E-state index contributed by atoms with van der Waals surface area (Å²) in [5.41, 5.74) is 0.686. The second kappa shape index (κ2) is 7.50. The number of amides is 1. The molecule has 0 spiro atoms. The third kappa shape index (κ3) is 5.39. The first-order chi connectivity index (χ1) is 9.29. The van der Waals surface area contributed by atoms with Crippen molar-refractivity contribution in [1.29, 1.82) is 0 Å². The lowest BCUT2D eigenvalue weighted by atomic mass is 10.0. The predicted molar refractivity (Wildman–Crippen MR) is 79.2 cm³/mol. The number of rotatable bonds is 6. The fraction of sp³-hybridized carbons (Fsp3) is 0.429. The molecule has 0 bridgehead atoms. The highest BCUT2D eigenvalue weighted by atomic mass is 35.5. The Balaban J connectivity index is 2.65. The van der Waals surface area contributed by atoms with Crippen LogP contribution in [0.3, 0.4) is 0 Å². The average Bonchev–Trinajstić information content (AvgIpc) is 2.32. The van der Waals surface area contributed by atoms with E-state index < -0.39 is 12.0 Å². The van der Waals surface area contributed by atoms with Crippen LogP contribution in [0.5, 0.6) is 0 Å². The Labute approximate surface area is 128 Å². The van der Waals surface area contributed by atoms with Crippen LogP contribution < -0.4 is 5.32 Å². The van der Waals surface area contributed by atoms with Gasteiger partial charge in [0, 0.05) is 0 Å². The van der Waals surface area contributed by atoms with Gasteiger partial charge in [-0.1, -0.05) is 43.1 Å². The molecule has 1 rings (SSSR count). The molecule has 1 amide bonds. The van der Waals surface area contributed by atoms with E-state index in [4.69, 9.17) is 28.3 Å². The Morgan fingerprint density at radius 1 is 1.25 bits per heavy atom. The van der Waals surface area contributed by atoms with Crippen LogP contribution in [0.25, 0.3) is 0 Å². The standard InChI is InChI=1S/C14H17Cl2NO3/c1-8(2)5-12(14(19)20)17-13(18)7-9-3-4-10(15)11(16)6-9/h3-4,6,8,12H,5,7H2,1-2H3,(H,17,18)(H,19,20)/t12-/m1/s1. The molecule has 2 N–H and O–H groups in total. The molecule has 0 aromatic heterocycles. The number of hydrogen-bond acceptors (Lipinski definition) is 2. The molecular formula is C14H17Cl2NO3. The van der Waals surface area contributed by atoms with Gasteiger partial charge in [0.2, 0.25) is 5.91 Å². The van der Waals surface area contributed by atoms with Gasteiger partial charge in [0.25, 0.3) is 0 Å². The number of hydrogen-bond donors (Lipinski definition) is 2. The van der Waals surface area contributed by atoms with Crippen LogP contribution in [-0.2, 0) is 16.0 Å². The highest BCUT2D eigenvalue weighted by Gasteiger charge is 2.21. The minimum atomic E-state index is -1.03.